The summed E-state index contributed by atoms with van der Waals surface area (Å²) in [4.78, 5) is 15.3. The Hall–Kier alpha value is -2.10. The van der Waals surface area contributed by atoms with Crippen LogP contribution in [0, 0.1) is 0 Å². The van der Waals surface area contributed by atoms with Crippen molar-refractivity contribution >= 4 is 23.1 Å². The molecule has 0 radical (unpaired) electrons. The van der Waals surface area contributed by atoms with Gasteiger partial charge in [-0.15, -0.1) is 11.3 Å². The molecule has 21 heavy (non-hydrogen) atoms. The fraction of sp³-hybridized carbons (Fsp3) is 0.364. The van der Waals surface area contributed by atoms with Gasteiger partial charge in [-0.1, -0.05) is 6.92 Å². The minimum atomic E-state index is -4.48. The van der Waals surface area contributed by atoms with E-state index in [2.05, 4.69) is 25.8 Å². The van der Waals surface area contributed by atoms with E-state index in [0.717, 1.165) is 16.7 Å². The van der Waals surface area contributed by atoms with Crippen molar-refractivity contribution in [2.75, 3.05) is 5.32 Å². The Morgan fingerprint density at radius 2 is 2.29 bits per heavy atom. The lowest BCUT2D eigenvalue weighted by Gasteiger charge is -2.14. The molecule has 2 rings (SSSR count). The average molecular weight is 319 g/mol. The lowest BCUT2D eigenvalue weighted by molar-refractivity contribution is -0.140. The third kappa shape index (κ3) is 3.94. The predicted molar refractivity (Wildman–Crippen MR) is 70.9 cm³/mol. The number of thiazole rings is 1. The highest BCUT2D eigenvalue weighted by Crippen LogP contribution is 2.32. The highest BCUT2D eigenvalue weighted by molar-refractivity contribution is 7.09. The van der Waals surface area contributed by atoms with Crippen molar-refractivity contribution in [2.45, 2.75) is 25.6 Å². The third-order valence-corrected chi connectivity index (χ3v) is 3.54. The molecule has 2 aromatic rings. The van der Waals surface area contributed by atoms with Crippen LogP contribution < -0.4 is 10.6 Å². The second kappa shape index (κ2) is 6.12. The van der Waals surface area contributed by atoms with Crippen LogP contribution in [0.3, 0.4) is 0 Å². The molecule has 2 amide bonds. The van der Waals surface area contributed by atoms with Gasteiger partial charge in [-0.25, -0.2) is 9.78 Å². The number of halogens is 3. The number of nitrogens with zero attached hydrogens (tertiary/aromatic N) is 2. The minimum Gasteiger partial charge on any atom is -0.329 e. The zero-order valence-corrected chi connectivity index (χ0v) is 11.7. The van der Waals surface area contributed by atoms with Crippen LogP contribution >= 0.6 is 11.3 Å². The van der Waals surface area contributed by atoms with Crippen LogP contribution in [-0.4, -0.2) is 21.2 Å². The molecule has 0 aliphatic heterocycles. The van der Waals surface area contributed by atoms with E-state index < -0.39 is 23.9 Å². The second-order valence-corrected chi connectivity index (χ2v) is 5.00. The zero-order valence-electron chi connectivity index (χ0n) is 10.9. The molecular formula is C11H12F3N5OS. The Morgan fingerprint density at radius 3 is 2.81 bits per heavy atom. The topological polar surface area (TPSA) is 82.7 Å². The van der Waals surface area contributed by atoms with Gasteiger partial charge in [0, 0.05) is 11.6 Å². The van der Waals surface area contributed by atoms with Gasteiger partial charge in [0.1, 0.15) is 5.01 Å². The smallest absolute Gasteiger partial charge is 0.329 e. The van der Waals surface area contributed by atoms with Crippen LogP contribution in [-0.2, 0) is 6.18 Å². The molecule has 114 valence electrons. The first-order valence-electron chi connectivity index (χ1n) is 5.99. The Labute approximate surface area is 121 Å². The molecule has 1 unspecified atom stereocenters. The maximum Gasteiger partial charge on any atom is 0.434 e. The number of aromatic nitrogens is 3. The lowest BCUT2D eigenvalue weighted by atomic mass is 10.2. The summed E-state index contributed by atoms with van der Waals surface area (Å²) < 4.78 is 37.6. The van der Waals surface area contributed by atoms with Crippen LogP contribution in [0.4, 0.5) is 23.7 Å². The molecule has 0 saturated heterocycles. The van der Waals surface area contributed by atoms with Gasteiger partial charge in [0.05, 0.1) is 17.9 Å². The van der Waals surface area contributed by atoms with Crippen molar-refractivity contribution < 1.29 is 18.0 Å². The summed E-state index contributed by atoms with van der Waals surface area (Å²) in [6, 6.07) is -1.12. The van der Waals surface area contributed by atoms with Gasteiger partial charge in [0.15, 0.2) is 5.69 Å². The van der Waals surface area contributed by atoms with Crippen molar-refractivity contribution in [3.8, 4) is 0 Å². The van der Waals surface area contributed by atoms with Crippen molar-refractivity contribution in [2.24, 2.45) is 0 Å². The molecule has 6 nitrogen and oxygen atoms in total. The standard InChI is InChI=1S/C11H12F3N5OS/c1-2-7(9-19-8(5-21-9)11(12,13)14)18-10(20)17-6-3-15-16-4-6/h3-5,7H,2H2,1H3,(H,15,16)(H2,17,18,20). The summed E-state index contributed by atoms with van der Waals surface area (Å²) in [5, 5.41) is 12.4. The van der Waals surface area contributed by atoms with Crippen LogP contribution in [0.15, 0.2) is 17.8 Å². The minimum absolute atomic E-state index is 0.215. The highest BCUT2D eigenvalue weighted by atomic mass is 32.1. The van der Waals surface area contributed by atoms with Gasteiger partial charge in [-0.2, -0.15) is 18.3 Å². The monoisotopic (exact) mass is 319 g/mol. The molecule has 0 aromatic carbocycles. The Morgan fingerprint density at radius 1 is 1.52 bits per heavy atom. The maximum absolute atomic E-state index is 12.5. The number of carbonyl (C=O) groups excluding carboxylic acids is 1. The van der Waals surface area contributed by atoms with E-state index in [-0.39, 0.29) is 5.01 Å². The number of H-pyrrole nitrogens is 1. The van der Waals surface area contributed by atoms with Crippen molar-refractivity contribution in [3.05, 3.63) is 28.5 Å². The fourth-order valence-corrected chi connectivity index (χ4v) is 2.52. The van der Waals surface area contributed by atoms with E-state index in [4.69, 9.17) is 0 Å². The number of amides is 2. The Kier molecular flexibility index (Phi) is 4.46. The van der Waals surface area contributed by atoms with Crippen LogP contribution in [0.1, 0.15) is 30.1 Å². The van der Waals surface area contributed by atoms with Gasteiger partial charge in [-0.05, 0) is 6.42 Å². The molecule has 0 saturated carbocycles. The van der Waals surface area contributed by atoms with Crippen LogP contribution in [0.2, 0.25) is 0 Å². The van der Waals surface area contributed by atoms with Crippen LogP contribution in [0.5, 0.6) is 0 Å². The van der Waals surface area contributed by atoms with Gasteiger partial charge < -0.3 is 10.6 Å². The second-order valence-electron chi connectivity index (χ2n) is 4.12. The van der Waals surface area contributed by atoms with Crippen molar-refractivity contribution in [1.29, 1.82) is 0 Å². The van der Waals surface area contributed by atoms with Crippen molar-refractivity contribution in [3.63, 3.8) is 0 Å². The largest absolute Gasteiger partial charge is 0.434 e. The molecule has 0 aliphatic carbocycles. The van der Waals surface area contributed by atoms with E-state index in [9.17, 15) is 18.0 Å². The Bertz CT molecular complexity index is 595. The van der Waals surface area contributed by atoms with E-state index in [1.807, 2.05) is 0 Å². The first kappa shape index (κ1) is 15.3. The predicted octanol–water partition coefficient (Wildman–Crippen LogP) is 3.16. The van der Waals surface area contributed by atoms with E-state index >= 15 is 0 Å². The number of rotatable bonds is 4. The third-order valence-electron chi connectivity index (χ3n) is 2.58. The summed E-state index contributed by atoms with van der Waals surface area (Å²) >= 11 is 0.867. The van der Waals surface area contributed by atoms with Gasteiger partial charge in [0.25, 0.3) is 0 Å². The Balaban J connectivity index is 2.02. The summed E-state index contributed by atoms with van der Waals surface area (Å²) in [6.45, 7) is 1.75. The maximum atomic E-state index is 12.5. The van der Waals surface area contributed by atoms with Crippen molar-refractivity contribution in [1.82, 2.24) is 20.5 Å². The first-order valence-corrected chi connectivity index (χ1v) is 6.87. The zero-order chi connectivity index (χ0) is 15.5. The molecule has 1 atom stereocenters. The summed E-state index contributed by atoms with van der Waals surface area (Å²) in [5.41, 5.74) is -0.490. The number of nitrogens with one attached hydrogen (secondary N) is 3. The SMILES string of the molecule is CCC(NC(=O)Nc1cn[nH]c1)c1nc(C(F)(F)F)cs1. The number of hydrogen-bond acceptors (Lipinski definition) is 4. The van der Waals surface area contributed by atoms with Gasteiger partial charge in [0.2, 0.25) is 0 Å². The number of anilines is 1. The average Bonchev–Trinajstić information content (AvgIpc) is 3.05. The molecule has 2 heterocycles. The molecule has 2 aromatic heterocycles. The lowest BCUT2D eigenvalue weighted by Crippen LogP contribution is -2.32. The summed E-state index contributed by atoms with van der Waals surface area (Å²) in [5.74, 6) is 0. The number of aromatic amines is 1. The number of hydrogen-bond donors (Lipinski definition) is 3. The van der Waals surface area contributed by atoms with E-state index in [1.165, 1.54) is 12.4 Å². The van der Waals surface area contributed by atoms with Crippen LogP contribution in [0.25, 0.3) is 0 Å². The molecule has 0 aliphatic rings. The molecular weight excluding hydrogens is 307 g/mol. The quantitative estimate of drug-likeness (QED) is 0.809. The molecule has 0 spiro atoms. The molecule has 10 heteroatoms. The molecule has 3 N–H and O–H groups in total. The number of carbonyl (C=O) groups is 1. The summed E-state index contributed by atoms with van der Waals surface area (Å²) in [6.07, 6.45) is -1.17. The van der Waals surface area contributed by atoms with E-state index in [0.29, 0.717) is 12.1 Å². The van der Waals surface area contributed by atoms with E-state index in [1.54, 1.807) is 6.92 Å². The number of alkyl halides is 3. The normalized spacial score (nSPS) is 13.0. The summed E-state index contributed by atoms with van der Waals surface area (Å²) in [7, 11) is 0. The molecule has 0 fully saturated rings. The fourth-order valence-electron chi connectivity index (χ4n) is 1.56. The number of urea groups is 1. The van der Waals surface area contributed by atoms with Gasteiger partial charge in [-0.3, -0.25) is 5.10 Å². The first-order chi connectivity index (χ1) is 9.90. The van der Waals surface area contributed by atoms with Gasteiger partial charge >= 0.3 is 12.2 Å². The molecule has 0 bridgehead atoms. The highest BCUT2D eigenvalue weighted by Gasteiger charge is 2.34.